The fourth-order valence-corrected chi connectivity index (χ4v) is 1.81. The zero-order chi connectivity index (χ0) is 12.4. The Morgan fingerprint density at radius 3 is 2.47 bits per heavy atom. The number of carbonyl (C=O) groups is 2. The third kappa shape index (κ3) is 2.08. The van der Waals surface area contributed by atoms with E-state index in [1.54, 1.807) is 25.3 Å². The first-order valence-corrected chi connectivity index (χ1v) is 5.20. The second kappa shape index (κ2) is 4.45. The van der Waals surface area contributed by atoms with E-state index in [-0.39, 0.29) is 24.7 Å². The molecule has 0 aromatic heterocycles. The zero-order valence-corrected chi connectivity index (χ0v) is 9.73. The van der Waals surface area contributed by atoms with Crippen LogP contribution in [0.4, 0.5) is 5.69 Å². The molecule has 1 saturated heterocycles. The van der Waals surface area contributed by atoms with E-state index in [0.717, 1.165) is 0 Å². The first kappa shape index (κ1) is 11.4. The van der Waals surface area contributed by atoms with Crippen molar-refractivity contribution >= 4 is 17.4 Å². The number of ketones is 1. The molecule has 0 aliphatic carbocycles. The monoisotopic (exact) mass is 235 g/mol. The lowest BCUT2D eigenvalue weighted by Crippen LogP contribution is -2.25. The molecule has 17 heavy (non-hydrogen) atoms. The number of hydrogen-bond acceptors (Lipinski definition) is 4. The van der Waals surface area contributed by atoms with Crippen LogP contribution in [0.15, 0.2) is 18.2 Å². The first-order valence-electron chi connectivity index (χ1n) is 5.20. The highest BCUT2D eigenvalue weighted by Crippen LogP contribution is 2.34. The third-order valence-electron chi connectivity index (χ3n) is 2.66. The van der Waals surface area contributed by atoms with Gasteiger partial charge in [-0.1, -0.05) is 0 Å². The van der Waals surface area contributed by atoms with Crippen molar-refractivity contribution in [3.05, 3.63) is 18.2 Å². The summed E-state index contributed by atoms with van der Waals surface area (Å²) in [6.07, 6.45) is -0.0413. The van der Waals surface area contributed by atoms with E-state index < -0.39 is 0 Å². The number of methoxy groups -OCH3 is 2. The van der Waals surface area contributed by atoms with E-state index >= 15 is 0 Å². The molecule has 0 spiro atoms. The summed E-state index contributed by atoms with van der Waals surface area (Å²) in [5.41, 5.74) is 0.572. The average molecular weight is 235 g/mol. The lowest BCUT2D eigenvalue weighted by molar-refractivity contribution is -0.121. The smallest absolute Gasteiger partial charge is 0.235 e. The fourth-order valence-electron chi connectivity index (χ4n) is 1.81. The van der Waals surface area contributed by atoms with Crippen molar-refractivity contribution in [2.45, 2.75) is 6.42 Å². The van der Waals surface area contributed by atoms with Gasteiger partial charge in [-0.2, -0.15) is 0 Å². The molecule has 0 bridgehead atoms. The van der Waals surface area contributed by atoms with Gasteiger partial charge in [-0.15, -0.1) is 0 Å². The minimum atomic E-state index is -0.207. The number of nitrogens with zero attached hydrogens (tertiary/aromatic N) is 1. The summed E-state index contributed by atoms with van der Waals surface area (Å²) in [6.45, 7) is 0.0996. The summed E-state index contributed by atoms with van der Waals surface area (Å²) < 4.78 is 10.3. The Bertz CT molecular complexity index is 470. The summed E-state index contributed by atoms with van der Waals surface area (Å²) in [5.74, 6) is 0.878. The maximum Gasteiger partial charge on any atom is 0.235 e. The highest BCUT2D eigenvalue weighted by atomic mass is 16.5. The molecule has 1 aliphatic rings. The number of amides is 1. The van der Waals surface area contributed by atoms with E-state index in [1.165, 1.54) is 12.0 Å². The molecule has 1 amide bonds. The topological polar surface area (TPSA) is 55.8 Å². The molecule has 1 aliphatic heterocycles. The van der Waals surface area contributed by atoms with Gasteiger partial charge in [0.25, 0.3) is 0 Å². The van der Waals surface area contributed by atoms with Gasteiger partial charge in [0.2, 0.25) is 5.91 Å². The molecular weight excluding hydrogens is 222 g/mol. The Morgan fingerprint density at radius 1 is 1.18 bits per heavy atom. The summed E-state index contributed by atoms with van der Waals surface area (Å²) >= 11 is 0. The molecule has 1 aromatic rings. The van der Waals surface area contributed by atoms with Gasteiger partial charge in [0.15, 0.2) is 5.78 Å². The Hall–Kier alpha value is -2.04. The quantitative estimate of drug-likeness (QED) is 0.734. The van der Waals surface area contributed by atoms with Crippen molar-refractivity contribution in [3.8, 4) is 11.5 Å². The molecule has 2 rings (SSSR count). The Kier molecular flexibility index (Phi) is 2.99. The molecule has 0 radical (unpaired) electrons. The van der Waals surface area contributed by atoms with Crippen molar-refractivity contribution in [1.82, 2.24) is 0 Å². The largest absolute Gasteiger partial charge is 0.497 e. The molecule has 0 saturated carbocycles. The second-order valence-corrected chi connectivity index (χ2v) is 3.73. The Morgan fingerprint density at radius 2 is 1.94 bits per heavy atom. The van der Waals surface area contributed by atoms with Crippen LogP contribution in [0.2, 0.25) is 0 Å². The maximum atomic E-state index is 11.7. The van der Waals surface area contributed by atoms with Crippen LogP contribution < -0.4 is 14.4 Å². The minimum absolute atomic E-state index is 0.0413. The van der Waals surface area contributed by atoms with Gasteiger partial charge in [-0.3, -0.25) is 9.59 Å². The van der Waals surface area contributed by atoms with Crippen LogP contribution in [0.5, 0.6) is 11.5 Å². The normalized spacial score (nSPS) is 15.3. The minimum Gasteiger partial charge on any atom is -0.497 e. The molecule has 90 valence electrons. The average Bonchev–Trinajstić information content (AvgIpc) is 2.67. The predicted molar refractivity (Wildman–Crippen MR) is 61.5 cm³/mol. The van der Waals surface area contributed by atoms with Gasteiger partial charge < -0.3 is 14.4 Å². The first-order chi connectivity index (χ1) is 8.15. The number of hydrogen-bond donors (Lipinski definition) is 0. The van der Waals surface area contributed by atoms with Crippen LogP contribution in [0.25, 0.3) is 0 Å². The van der Waals surface area contributed by atoms with Crippen molar-refractivity contribution in [3.63, 3.8) is 0 Å². The molecule has 1 heterocycles. The van der Waals surface area contributed by atoms with Gasteiger partial charge in [0.05, 0.1) is 32.9 Å². The number of rotatable bonds is 3. The zero-order valence-electron chi connectivity index (χ0n) is 9.73. The molecule has 5 nitrogen and oxygen atoms in total. The standard InChI is InChI=1S/C12H13NO4/c1-16-9-3-4-11(17-2)10(6-9)13-7-8(14)5-12(13)15/h3-4,6H,5,7H2,1-2H3. The van der Waals surface area contributed by atoms with Crippen molar-refractivity contribution < 1.29 is 19.1 Å². The molecule has 1 fully saturated rings. The number of Topliss-reactive ketones (excluding diaryl/α,β-unsaturated/α-hetero) is 1. The van der Waals surface area contributed by atoms with Gasteiger partial charge in [-0.25, -0.2) is 0 Å². The molecule has 0 unspecified atom stereocenters. The van der Waals surface area contributed by atoms with Gasteiger partial charge >= 0.3 is 0 Å². The highest BCUT2D eigenvalue weighted by Gasteiger charge is 2.30. The Labute approximate surface area is 98.9 Å². The molecule has 1 aromatic carbocycles. The van der Waals surface area contributed by atoms with Crippen LogP contribution >= 0.6 is 0 Å². The summed E-state index contributed by atoms with van der Waals surface area (Å²) in [7, 11) is 3.07. The summed E-state index contributed by atoms with van der Waals surface area (Å²) in [6, 6.07) is 5.14. The number of carbonyl (C=O) groups excluding carboxylic acids is 2. The van der Waals surface area contributed by atoms with Crippen LogP contribution in [0.1, 0.15) is 6.42 Å². The predicted octanol–water partition coefficient (Wildman–Crippen LogP) is 1.01. The maximum absolute atomic E-state index is 11.7. The SMILES string of the molecule is COc1ccc(OC)c(N2CC(=O)CC2=O)c1. The summed E-state index contributed by atoms with van der Waals surface area (Å²) in [4.78, 5) is 24.3. The molecule has 5 heteroatoms. The fraction of sp³-hybridized carbons (Fsp3) is 0.333. The highest BCUT2D eigenvalue weighted by molar-refractivity contribution is 6.15. The van der Waals surface area contributed by atoms with Crippen LogP contribution in [-0.2, 0) is 9.59 Å². The second-order valence-electron chi connectivity index (χ2n) is 3.73. The van der Waals surface area contributed by atoms with Crippen LogP contribution in [-0.4, -0.2) is 32.5 Å². The summed E-state index contributed by atoms with van der Waals surface area (Å²) in [5, 5.41) is 0. The van der Waals surface area contributed by atoms with Gasteiger partial charge in [0.1, 0.15) is 11.5 Å². The molecule has 0 N–H and O–H groups in total. The van der Waals surface area contributed by atoms with E-state index in [4.69, 9.17) is 9.47 Å². The van der Waals surface area contributed by atoms with E-state index in [9.17, 15) is 9.59 Å². The van der Waals surface area contributed by atoms with Crippen LogP contribution in [0, 0.1) is 0 Å². The number of ether oxygens (including phenoxy) is 2. The molecule has 0 atom stereocenters. The van der Waals surface area contributed by atoms with Crippen molar-refractivity contribution in [1.29, 1.82) is 0 Å². The van der Waals surface area contributed by atoms with Crippen molar-refractivity contribution in [2.75, 3.05) is 25.7 Å². The van der Waals surface area contributed by atoms with E-state index in [1.807, 2.05) is 0 Å². The van der Waals surface area contributed by atoms with E-state index in [0.29, 0.717) is 17.2 Å². The number of anilines is 1. The lowest BCUT2D eigenvalue weighted by Gasteiger charge is -2.18. The van der Waals surface area contributed by atoms with Crippen LogP contribution in [0.3, 0.4) is 0 Å². The van der Waals surface area contributed by atoms with Crippen molar-refractivity contribution in [2.24, 2.45) is 0 Å². The Balaban J connectivity index is 2.42. The number of benzene rings is 1. The lowest BCUT2D eigenvalue weighted by atomic mass is 10.2. The van der Waals surface area contributed by atoms with Gasteiger partial charge in [-0.05, 0) is 12.1 Å². The van der Waals surface area contributed by atoms with Gasteiger partial charge in [0, 0.05) is 6.07 Å². The molecular formula is C12H13NO4. The third-order valence-corrected chi connectivity index (χ3v) is 2.66. The van der Waals surface area contributed by atoms with E-state index in [2.05, 4.69) is 0 Å².